The maximum atomic E-state index is 11.5. The molecule has 0 bridgehead atoms. The zero-order valence-electron chi connectivity index (χ0n) is 8.27. The summed E-state index contributed by atoms with van der Waals surface area (Å²) < 4.78 is 5.68. The van der Waals surface area contributed by atoms with Gasteiger partial charge in [0.05, 0.1) is 5.51 Å². The topological polar surface area (TPSA) is 55.1 Å². The third-order valence-corrected chi connectivity index (χ3v) is 3.20. The van der Waals surface area contributed by atoms with Crippen molar-refractivity contribution >= 4 is 33.2 Å². The predicted molar refractivity (Wildman–Crippen MR) is 64.6 cm³/mol. The molecular weight excluding hydrogens is 292 g/mol. The van der Waals surface area contributed by atoms with Crippen LogP contribution in [0.1, 0.15) is 15.4 Å². The van der Waals surface area contributed by atoms with Crippen molar-refractivity contribution in [2.75, 3.05) is 6.54 Å². The summed E-state index contributed by atoms with van der Waals surface area (Å²) in [6.45, 7) is 0.583. The Labute approximate surface area is 105 Å². The van der Waals surface area contributed by atoms with Crippen LogP contribution in [0.25, 0.3) is 0 Å². The minimum absolute atomic E-state index is 0.199. The van der Waals surface area contributed by atoms with Crippen molar-refractivity contribution in [3.8, 4) is 0 Å². The van der Waals surface area contributed by atoms with Gasteiger partial charge in [-0.25, -0.2) is 0 Å². The number of aromatic nitrogens is 1. The Morgan fingerprint density at radius 1 is 1.56 bits per heavy atom. The molecule has 0 aliphatic carbocycles. The first-order valence-corrected chi connectivity index (χ1v) is 6.34. The first-order chi connectivity index (χ1) is 7.75. The summed E-state index contributed by atoms with van der Waals surface area (Å²) in [6, 6.07) is 3.32. The third-order valence-electron chi connectivity index (χ3n) is 1.94. The Morgan fingerprint density at radius 2 is 2.44 bits per heavy atom. The summed E-state index contributed by atoms with van der Waals surface area (Å²) >= 11 is 4.73. The number of nitrogens with one attached hydrogen (secondary N) is 1. The zero-order chi connectivity index (χ0) is 11.4. The van der Waals surface area contributed by atoms with Gasteiger partial charge in [-0.3, -0.25) is 9.78 Å². The van der Waals surface area contributed by atoms with E-state index in [9.17, 15) is 4.79 Å². The highest BCUT2D eigenvalue weighted by molar-refractivity contribution is 9.10. The van der Waals surface area contributed by atoms with Gasteiger partial charge >= 0.3 is 0 Å². The lowest BCUT2D eigenvalue weighted by Crippen LogP contribution is -2.25. The molecule has 16 heavy (non-hydrogen) atoms. The lowest BCUT2D eigenvalue weighted by atomic mass is 10.3. The molecule has 84 valence electrons. The molecule has 2 rings (SSSR count). The maximum Gasteiger partial charge on any atom is 0.287 e. The van der Waals surface area contributed by atoms with E-state index in [1.165, 1.54) is 0 Å². The van der Waals surface area contributed by atoms with Crippen LogP contribution in [0, 0.1) is 0 Å². The molecular formula is C10H9BrN2O2S. The second-order valence-electron chi connectivity index (χ2n) is 3.08. The standard InChI is InChI=1S/C10H9BrN2O2S/c11-9-2-1-8(15-9)10(14)13-4-3-7-5-12-6-16-7/h1-2,5-6H,3-4H2,(H,13,14). The molecule has 2 aromatic heterocycles. The normalized spacial score (nSPS) is 10.3. The average molecular weight is 301 g/mol. The summed E-state index contributed by atoms with van der Waals surface area (Å²) in [5, 5.41) is 2.78. The van der Waals surface area contributed by atoms with Crippen LogP contribution < -0.4 is 5.32 Å². The van der Waals surface area contributed by atoms with E-state index in [1.807, 2.05) is 0 Å². The summed E-state index contributed by atoms with van der Waals surface area (Å²) in [5.41, 5.74) is 1.78. The highest BCUT2D eigenvalue weighted by atomic mass is 79.9. The second kappa shape index (κ2) is 5.27. The molecule has 2 heterocycles. The van der Waals surface area contributed by atoms with Crippen molar-refractivity contribution in [2.45, 2.75) is 6.42 Å². The fourth-order valence-electron chi connectivity index (χ4n) is 1.19. The second-order valence-corrected chi connectivity index (χ2v) is 4.83. The molecule has 0 fully saturated rings. The molecule has 0 aromatic carbocycles. The molecule has 0 aliphatic heterocycles. The molecule has 2 aromatic rings. The monoisotopic (exact) mass is 300 g/mol. The van der Waals surface area contributed by atoms with Crippen LogP contribution in [0.15, 0.2) is 32.9 Å². The molecule has 0 spiro atoms. The van der Waals surface area contributed by atoms with Gasteiger partial charge in [-0.1, -0.05) is 0 Å². The van der Waals surface area contributed by atoms with Gasteiger partial charge in [0.25, 0.3) is 5.91 Å². The molecule has 0 unspecified atom stereocenters. The van der Waals surface area contributed by atoms with Crippen molar-refractivity contribution in [1.29, 1.82) is 0 Å². The first kappa shape index (κ1) is 11.3. The Balaban J connectivity index is 1.80. The van der Waals surface area contributed by atoms with Crippen LogP contribution in [-0.4, -0.2) is 17.4 Å². The summed E-state index contributed by atoms with van der Waals surface area (Å²) in [5.74, 6) is 0.117. The third kappa shape index (κ3) is 2.93. The van der Waals surface area contributed by atoms with Crippen molar-refractivity contribution in [1.82, 2.24) is 10.3 Å². The van der Waals surface area contributed by atoms with Crippen LogP contribution >= 0.6 is 27.3 Å². The van der Waals surface area contributed by atoms with Gasteiger partial charge < -0.3 is 9.73 Å². The number of nitrogens with zero attached hydrogens (tertiary/aromatic N) is 1. The molecule has 0 atom stereocenters. The van der Waals surface area contributed by atoms with E-state index in [0.717, 1.165) is 11.3 Å². The van der Waals surface area contributed by atoms with E-state index in [0.29, 0.717) is 17.0 Å². The van der Waals surface area contributed by atoms with Gasteiger partial charge in [-0.15, -0.1) is 11.3 Å². The summed E-state index contributed by atoms with van der Waals surface area (Å²) in [7, 11) is 0. The van der Waals surface area contributed by atoms with E-state index in [4.69, 9.17) is 4.42 Å². The smallest absolute Gasteiger partial charge is 0.287 e. The number of hydrogen-bond donors (Lipinski definition) is 1. The van der Waals surface area contributed by atoms with Crippen LogP contribution in [0.3, 0.4) is 0 Å². The van der Waals surface area contributed by atoms with E-state index in [-0.39, 0.29) is 5.91 Å². The Bertz CT molecular complexity index is 467. The van der Waals surface area contributed by atoms with Gasteiger partial charge in [0.2, 0.25) is 0 Å². The quantitative estimate of drug-likeness (QED) is 0.944. The number of carbonyl (C=O) groups excluding carboxylic acids is 1. The van der Waals surface area contributed by atoms with Gasteiger partial charge in [-0.05, 0) is 28.1 Å². The molecule has 1 N–H and O–H groups in total. The van der Waals surface area contributed by atoms with Gasteiger partial charge in [0.1, 0.15) is 0 Å². The van der Waals surface area contributed by atoms with Crippen LogP contribution in [0.4, 0.5) is 0 Å². The zero-order valence-corrected chi connectivity index (χ0v) is 10.7. The number of thiazole rings is 1. The van der Waals surface area contributed by atoms with Gasteiger partial charge in [0, 0.05) is 24.0 Å². The highest BCUT2D eigenvalue weighted by Crippen LogP contribution is 2.13. The molecule has 0 radical (unpaired) electrons. The highest BCUT2D eigenvalue weighted by Gasteiger charge is 2.09. The minimum atomic E-state index is -0.199. The van der Waals surface area contributed by atoms with Crippen molar-refractivity contribution < 1.29 is 9.21 Å². The summed E-state index contributed by atoms with van der Waals surface area (Å²) in [4.78, 5) is 16.7. The fourth-order valence-corrected chi connectivity index (χ4v) is 2.09. The van der Waals surface area contributed by atoms with Crippen molar-refractivity contribution in [2.24, 2.45) is 0 Å². The fraction of sp³-hybridized carbons (Fsp3) is 0.200. The van der Waals surface area contributed by atoms with Gasteiger partial charge in [-0.2, -0.15) is 0 Å². The Hall–Kier alpha value is -1.14. The van der Waals surface area contributed by atoms with Crippen molar-refractivity contribution in [3.05, 3.63) is 39.1 Å². The molecule has 4 nitrogen and oxygen atoms in total. The minimum Gasteiger partial charge on any atom is -0.444 e. The van der Waals surface area contributed by atoms with E-state index in [1.54, 1.807) is 35.2 Å². The number of amides is 1. The predicted octanol–water partition coefficient (Wildman–Crippen LogP) is 2.47. The Morgan fingerprint density at radius 3 is 3.06 bits per heavy atom. The lowest BCUT2D eigenvalue weighted by molar-refractivity contribution is 0.0925. The number of furan rings is 1. The molecule has 0 aliphatic rings. The van der Waals surface area contributed by atoms with E-state index >= 15 is 0 Å². The number of hydrogen-bond acceptors (Lipinski definition) is 4. The van der Waals surface area contributed by atoms with Crippen molar-refractivity contribution in [3.63, 3.8) is 0 Å². The molecule has 0 saturated carbocycles. The van der Waals surface area contributed by atoms with E-state index in [2.05, 4.69) is 26.2 Å². The molecule has 0 saturated heterocycles. The molecule has 1 amide bonds. The average Bonchev–Trinajstić information content (AvgIpc) is 2.89. The lowest BCUT2D eigenvalue weighted by Gasteiger charge is -2.00. The largest absolute Gasteiger partial charge is 0.444 e. The summed E-state index contributed by atoms with van der Waals surface area (Å²) in [6.07, 6.45) is 2.60. The number of rotatable bonds is 4. The Kier molecular flexibility index (Phi) is 3.74. The molecule has 6 heteroatoms. The first-order valence-electron chi connectivity index (χ1n) is 4.66. The van der Waals surface area contributed by atoms with Crippen LogP contribution in [0.5, 0.6) is 0 Å². The maximum absolute atomic E-state index is 11.5. The number of halogens is 1. The van der Waals surface area contributed by atoms with E-state index < -0.39 is 0 Å². The van der Waals surface area contributed by atoms with Gasteiger partial charge in [0.15, 0.2) is 10.4 Å². The number of carbonyl (C=O) groups is 1. The SMILES string of the molecule is O=C(NCCc1cncs1)c1ccc(Br)o1. The van der Waals surface area contributed by atoms with Crippen LogP contribution in [-0.2, 0) is 6.42 Å². The van der Waals surface area contributed by atoms with Crippen LogP contribution in [0.2, 0.25) is 0 Å².